The van der Waals surface area contributed by atoms with Gasteiger partial charge in [-0.15, -0.1) is 12.4 Å². The molecule has 6 heteroatoms. The fourth-order valence-electron chi connectivity index (χ4n) is 0.390. The van der Waals surface area contributed by atoms with Crippen molar-refractivity contribution >= 4 is 24.3 Å². The lowest BCUT2D eigenvalue weighted by atomic mass is 10.0. The maximum atomic E-state index is 10.2. The molecule has 0 heterocycles. The lowest BCUT2D eigenvalue weighted by molar-refractivity contribution is -0.149. The van der Waals surface area contributed by atoms with Gasteiger partial charge in [0.25, 0.3) is 0 Å². The van der Waals surface area contributed by atoms with Gasteiger partial charge in [-0.25, -0.2) is 0 Å². The predicted octanol–water partition coefficient (Wildman–Crippen LogP) is -0.315. The number of rotatable bonds is 3. The second-order valence-corrected chi connectivity index (χ2v) is 2.29. The van der Waals surface area contributed by atoms with Crippen molar-refractivity contribution in [2.45, 2.75) is 18.9 Å². The number of nitrogens with two attached hydrogens (primary N) is 1. The summed E-state index contributed by atoms with van der Waals surface area (Å²) in [6.45, 7) is 1.16. The zero-order valence-electron chi connectivity index (χ0n) is 5.90. The largest absolute Gasteiger partial charge is 0.481 e. The van der Waals surface area contributed by atoms with Crippen LogP contribution in [0.3, 0.4) is 0 Å². The Balaban J connectivity index is 0. The van der Waals surface area contributed by atoms with Crippen LogP contribution in [0.1, 0.15) is 13.3 Å². The highest BCUT2D eigenvalue weighted by Crippen LogP contribution is 2.04. The van der Waals surface area contributed by atoms with Crippen LogP contribution in [0.5, 0.6) is 0 Å². The van der Waals surface area contributed by atoms with Crippen molar-refractivity contribution in [2.75, 3.05) is 0 Å². The number of carboxylic acids is 2. The van der Waals surface area contributed by atoms with E-state index in [0.717, 1.165) is 6.92 Å². The normalized spacial score (nSPS) is 14.4. The van der Waals surface area contributed by atoms with Crippen molar-refractivity contribution < 1.29 is 19.8 Å². The molecule has 0 aliphatic heterocycles. The van der Waals surface area contributed by atoms with Gasteiger partial charge >= 0.3 is 11.9 Å². The third kappa shape index (κ3) is 4.58. The average Bonchev–Trinajstić information content (AvgIpc) is 1.60. The molecule has 0 bridgehead atoms. The number of hydrogen-bond donors (Lipinski definition) is 3. The summed E-state index contributed by atoms with van der Waals surface area (Å²) < 4.78 is 0. The smallest absolute Gasteiger partial charge is 0.323 e. The summed E-state index contributed by atoms with van der Waals surface area (Å²) in [6, 6.07) is 0. The van der Waals surface area contributed by atoms with Crippen LogP contribution in [0, 0.1) is 0 Å². The Morgan fingerprint density at radius 1 is 1.45 bits per heavy atom. The van der Waals surface area contributed by atoms with Crippen LogP contribution < -0.4 is 5.73 Å². The van der Waals surface area contributed by atoms with Crippen LogP contribution in [-0.4, -0.2) is 27.7 Å². The first-order valence-corrected chi connectivity index (χ1v) is 2.60. The Morgan fingerprint density at radius 3 is 1.91 bits per heavy atom. The number of carbonyl (C=O) groups is 2. The highest BCUT2D eigenvalue weighted by atomic mass is 35.5. The van der Waals surface area contributed by atoms with Gasteiger partial charge in [-0.05, 0) is 6.92 Å². The van der Waals surface area contributed by atoms with E-state index in [0.29, 0.717) is 0 Å². The molecule has 0 saturated heterocycles. The lowest BCUT2D eigenvalue weighted by Crippen LogP contribution is -2.46. The van der Waals surface area contributed by atoms with Gasteiger partial charge < -0.3 is 15.9 Å². The quantitative estimate of drug-likeness (QED) is 0.557. The SMILES string of the molecule is C[C@@](N)(CC(=O)O)C(=O)O.Cl. The molecule has 4 N–H and O–H groups in total. The molecule has 0 aliphatic carbocycles. The minimum Gasteiger partial charge on any atom is -0.481 e. The van der Waals surface area contributed by atoms with Gasteiger partial charge in [-0.1, -0.05) is 0 Å². The highest BCUT2D eigenvalue weighted by Gasteiger charge is 2.30. The first-order valence-electron chi connectivity index (χ1n) is 2.60. The van der Waals surface area contributed by atoms with Crippen LogP contribution >= 0.6 is 12.4 Å². The summed E-state index contributed by atoms with van der Waals surface area (Å²) in [4.78, 5) is 20.1. The van der Waals surface area contributed by atoms with E-state index in [1.165, 1.54) is 0 Å². The molecule has 0 aromatic carbocycles. The number of hydrogen-bond acceptors (Lipinski definition) is 3. The molecule has 0 fully saturated rings. The van der Waals surface area contributed by atoms with Crippen molar-refractivity contribution in [3.63, 3.8) is 0 Å². The topological polar surface area (TPSA) is 101 Å². The molecule has 0 aromatic rings. The summed E-state index contributed by atoms with van der Waals surface area (Å²) in [5, 5.41) is 16.5. The minimum absolute atomic E-state index is 0. The molecule has 0 unspecified atom stereocenters. The summed E-state index contributed by atoms with van der Waals surface area (Å²) in [6.07, 6.45) is -0.567. The van der Waals surface area contributed by atoms with Gasteiger partial charge in [0.2, 0.25) is 0 Å². The monoisotopic (exact) mass is 183 g/mol. The zero-order chi connectivity index (χ0) is 8.36. The predicted molar refractivity (Wildman–Crippen MR) is 39.7 cm³/mol. The highest BCUT2D eigenvalue weighted by molar-refractivity contribution is 5.85. The molecule has 0 rings (SSSR count). The summed E-state index contributed by atoms with van der Waals surface area (Å²) in [5.74, 6) is -2.53. The van der Waals surface area contributed by atoms with E-state index in [2.05, 4.69) is 0 Å². The summed E-state index contributed by atoms with van der Waals surface area (Å²) in [7, 11) is 0. The second kappa shape index (κ2) is 4.15. The Bertz CT molecular complexity index is 168. The lowest BCUT2D eigenvalue weighted by Gasteiger charge is -2.15. The molecule has 0 saturated carbocycles. The van der Waals surface area contributed by atoms with Gasteiger partial charge in [0, 0.05) is 0 Å². The fourth-order valence-corrected chi connectivity index (χ4v) is 0.390. The van der Waals surface area contributed by atoms with Crippen LogP contribution in [0.25, 0.3) is 0 Å². The third-order valence-corrected chi connectivity index (χ3v) is 1.01. The summed E-state index contributed by atoms with van der Waals surface area (Å²) in [5.41, 5.74) is 3.42. The van der Waals surface area contributed by atoms with E-state index in [9.17, 15) is 9.59 Å². The van der Waals surface area contributed by atoms with Crippen molar-refractivity contribution in [3.05, 3.63) is 0 Å². The summed E-state index contributed by atoms with van der Waals surface area (Å²) >= 11 is 0. The van der Waals surface area contributed by atoms with Gasteiger partial charge in [0.15, 0.2) is 0 Å². The second-order valence-electron chi connectivity index (χ2n) is 2.29. The maximum Gasteiger partial charge on any atom is 0.323 e. The van der Waals surface area contributed by atoms with E-state index in [4.69, 9.17) is 15.9 Å². The van der Waals surface area contributed by atoms with Crippen LogP contribution in [0.15, 0.2) is 0 Å². The van der Waals surface area contributed by atoms with Gasteiger partial charge in [-0.3, -0.25) is 9.59 Å². The maximum absolute atomic E-state index is 10.2. The Kier molecular flexibility index (Phi) is 4.84. The average molecular weight is 184 g/mol. The molecule has 0 aliphatic rings. The molecule has 66 valence electrons. The van der Waals surface area contributed by atoms with E-state index >= 15 is 0 Å². The van der Waals surface area contributed by atoms with Crippen LogP contribution in [0.4, 0.5) is 0 Å². The van der Waals surface area contributed by atoms with E-state index in [-0.39, 0.29) is 12.4 Å². The third-order valence-electron chi connectivity index (χ3n) is 1.01. The zero-order valence-corrected chi connectivity index (χ0v) is 6.72. The molecule has 5 nitrogen and oxygen atoms in total. The molecule has 0 radical (unpaired) electrons. The van der Waals surface area contributed by atoms with E-state index < -0.39 is 23.9 Å². The standard InChI is InChI=1S/C5H9NO4.ClH/c1-5(6,4(9)10)2-3(7)8;/h2,6H2,1H3,(H,7,8)(H,9,10);1H/t5-;/m1./s1. The Hall–Kier alpha value is -0.810. The molecule has 0 spiro atoms. The molecule has 1 atom stereocenters. The van der Waals surface area contributed by atoms with Crippen LogP contribution in [-0.2, 0) is 9.59 Å². The molecule has 0 amide bonds. The van der Waals surface area contributed by atoms with Gasteiger partial charge in [-0.2, -0.15) is 0 Å². The molecule has 11 heavy (non-hydrogen) atoms. The first kappa shape index (κ1) is 12.8. The van der Waals surface area contributed by atoms with E-state index in [1.54, 1.807) is 0 Å². The molecular weight excluding hydrogens is 174 g/mol. The van der Waals surface area contributed by atoms with Crippen LogP contribution in [0.2, 0.25) is 0 Å². The number of carboxylic acid groups (broad SMARTS) is 2. The van der Waals surface area contributed by atoms with Crippen molar-refractivity contribution in [1.82, 2.24) is 0 Å². The van der Waals surface area contributed by atoms with E-state index in [1.807, 2.05) is 0 Å². The van der Waals surface area contributed by atoms with Gasteiger partial charge in [0.1, 0.15) is 5.54 Å². The number of halogens is 1. The molecular formula is C5H10ClNO4. The molecule has 0 aromatic heterocycles. The van der Waals surface area contributed by atoms with Crippen molar-refractivity contribution in [1.29, 1.82) is 0 Å². The van der Waals surface area contributed by atoms with Gasteiger partial charge in [0.05, 0.1) is 6.42 Å². The minimum atomic E-state index is -1.66. The first-order chi connectivity index (χ1) is 4.36. The van der Waals surface area contributed by atoms with Crippen molar-refractivity contribution in [3.8, 4) is 0 Å². The Labute approximate surface area is 69.6 Å². The Morgan fingerprint density at radius 2 is 1.82 bits per heavy atom. The van der Waals surface area contributed by atoms with Crippen molar-refractivity contribution in [2.24, 2.45) is 5.73 Å². The number of aliphatic carboxylic acids is 2. The fraction of sp³-hybridized carbons (Fsp3) is 0.600.